The van der Waals surface area contributed by atoms with E-state index in [2.05, 4.69) is 15.9 Å². The highest BCUT2D eigenvalue weighted by atomic mass is 16.7. The normalized spacial score (nSPS) is 30.6. The number of anilines is 1. The summed E-state index contributed by atoms with van der Waals surface area (Å²) in [5.41, 5.74) is 3.61. The lowest BCUT2D eigenvalue weighted by Gasteiger charge is -2.21. The molecule has 7 nitrogen and oxygen atoms in total. The Morgan fingerprint density at radius 3 is 2.92 bits per heavy atom. The standard InChI is InChI=1S/C18H28N4O3/c23-18(15-9-17(25-21-15)16-7-4-8-24-16)20-14-10-19-22(12-14)11-13-5-2-1-3-6-13/h10,12-13,15-17,21H,1-9,11H2,(H,20,23). The number of ether oxygens (including phenoxy) is 1. The molecule has 0 spiro atoms. The number of hydrogen-bond donors (Lipinski definition) is 2. The minimum absolute atomic E-state index is 0.0349. The Morgan fingerprint density at radius 2 is 2.12 bits per heavy atom. The molecule has 1 aromatic rings. The first-order valence-electron chi connectivity index (χ1n) is 9.64. The summed E-state index contributed by atoms with van der Waals surface area (Å²) in [6, 6.07) is -0.337. The van der Waals surface area contributed by atoms with Gasteiger partial charge < -0.3 is 10.1 Å². The average Bonchev–Trinajstić information content (AvgIpc) is 3.37. The fourth-order valence-corrected chi connectivity index (χ4v) is 4.17. The predicted molar refractivity (Wildman–Crippen MR) is 92.8 cm³/mol. The molecule has 4 rings (SSSR count). The zero-order valence-corrected chi connectivity index (χ0v) is 14.7. The van der Waals surface area contributed by atoms with Gasteiger partial charge in [-0.15, -0.1) is 0 Å². The summed E-state index contributed by atoms with van der Waals surface area (Å²) in [6.45, 7) is 1.74. The summed E-state index contributed by atoms with van der Waals surface area (Å²) < 4.78 is 7.61. The highest BCUT2D eigenvalue weighted by molar-refractivity contribution is 5.94. The molecule has 3 aliphatic rings. The molecule has 1 aliphatic carbocycles. The van der Waals surface area contributed by atoms with Crippen molar-refractivity contribution in [3.05, 3.63) is 12.4 Å². The van der Waals surface area contributed by atoms with Crippen LogP contribution < -0.4 is 10.8 Å². The van der Waals surface area contributed by atoms with Crippen molar-refractivity contribution in [1.29, 1.82) is 0 Å². The predicted octanol–water partition coefficient (Wildman–Crippen LogP) is 2.24. The molecule has 0 bridgehead atoms. The van der Waals surface area contributed by atoms with Crippen LogP contribution in [-0.4, -0.2) is 40.5 Å². The second-order valence-corrected chi connectivity index (χ2v) is 7.56. The van der Waals surface area contributed by atoms with Crippen LogP contribution in [0.25, 0.3) is 0 Å². The largest absolute Gasteiger partial charge is 0.375 e. The van der Waals surface area contributed by atoms with Crippen molar-refractivity contribution in [3.63, 3.8) is 0 Å². The molecule has 1 saturated carbocycles. The SMILES string of the molecule is O=C(Nc1cnn(CC2CCCCC2)c1)C1CC(C2CCCO2)ON1. The Labute approximate surface area is 148 Å². The Hall–Kier alpha value is -1.44. The number of carbonyl (C=O) groups excluding carboxylic acids is 1. The molecule has 3 atom stereocenters. The fourth-order valence-electron chi connectivity index (χ4n) is 4.17. The highest BCUT2D eigenvalue weighted by Crippen LogP contribution is 2.26. The van der Waals surface area contributed by atoms with Crippen molar-refractivity contribution in [2.45, 2.75) is 76.2 Å². The maximum Gasteiger partial charge on any atom is 0.244 e. The molecule has 2 saturated heterocycles. The number of hydroxylamine groups is 1. The van der Waals surface area contributed by atoms with Crippen LogP contribution in [0.5, 0.6) is 0 Å². The van der Waals surface area contributed by atoms with E-state index in [9.17, 15) is 4.79 Å². The molecule has 25 heavy (non-hydrogen) atoms. The first kappa shape index (κ1) is 17.0. The van der Waals surface area contributed by atoms with Gasteiger partial charge in [0.15, 0.2) is 0 Å². The summed E-state index contributed by atoms with van der Waals surface area (Å²) in [5, 5.41) is 7.35. The maximum absolute atomic E-state index is 12.4. The van der Waals surface area contributed by atoms with E-state index >= 15 is 0 Å². The second-order valence-electron chi connectivity index (χ2n) is 7.56. The molecule has 0 radical (unpaired) electrons. The topological polar surface area (TPSA) is 77.4 Å². The van der Waals surface area contributed by atoms with E-state index in [1.54, 1.807) is 6.20 Å². The number of aromatic nitrogens is 2. The van der Waals surface area contributed by atoms with Gasteiger partial charge >= 0.3 is 0 Å². The van der Waals surface area contributed by atoms with Gasteiger partial charge in [-0.1, -0.05) is 19.3 Å². The number of hydrogen-bond acceptors (Lipinski definition) is 5. The van der Waals surface area contributed by atoms with E-state index in [0.717, 1.165) is 31.7 Å². The zero-order valence-electron chi connectivity index (χ0n) is 14.7. The molecule has 138 valence electrons. The second kappa shape index (κ2) is 7.85. The van der Waals surface area contributed by atoms with E-state index < -0.39 is 0 Å². The van der Waals surface area contributed by atoms with Crippen molar-refractivity contribution < 1.29 is 14.4 Å². The van der Waals surface area contributed by atoms with E-state index in [1.807, 2.05) is 10.9 Å². The van der Waals surface area contributed by atoms with E-state index in [-0.39, 0.29) is 24.2 Å². The van der Waals surface area contributed by atoms with Crippen LogP contribution in [-0.2, 0) is 20.9 Å². The number of carbonyl (C=O) groups is 1. The van der Waals surface area contributed by atoms with Crippen molar-refractivity contribution >= 4 is 11.6 Å². The lowest BCUT2D eigenvalue weighted by molar-refractivity contribution is -0.119. The minimum Gasteiger partial charge on any atom is -0.375 e. The van der Waals surface area contributed by atoms with Crippen LogP contribution in [0.4, 0.5) is 5.69 Å². The van der Waals surface area contributed by atoms with Gasteiger partial charge in [0.25, 0.3) is 0 Å². The zero-order chi connectivity index (χ0) is 17.1. The van der Waals surface area contributed by atoms with Crippen LogP contribution in [0.3, 0.4) is 0 Å². The van der Waals surface area contributed by atoms with Gasteiger partial charge in [-0.25, -0.2) is 0 Å². The third-order valence-corrected chi connectivity index (χ3v) is 5.60. The van der Waals surface area contributed by atoms with Crippen LogP contribution in [0.15, 0.2) is 12.4 Å². The summed E-state index contributed by atoms with van der Waals surface area (Å²) in [6.07, 6.45) is 13.1. The maximum atomic E-state index is 12.4. The lowest BCUT2D eigenvalue weighted by atomic mass is 9.89. The van der Waals surface area contributed by atoms with Gasteiger partial charge in [0.2, 0.25) is 5.91 Å². The van der Waals surface area contributed by atoms with E-state index in [4.69, 9.17) is 9.57 Å². The molecule has 7 heteroatoms. The number of nitrogens with zero attached hydrogens (tertiary/aromatic N) is 2. The van der Waals surface area contributed by atoms with Crippen LogP contribution in [0.2, 0.25) is 0 Å². The lowest BCUT2D eigenvalue weighted by Crippen LogP contribution is -2.34. The Balaban J connectivity index is 1.26. The van der Waals surface area contributed by atoms with Gasteiger partial charge in [-0.2, -0.15) is 10.6 Å². The van der Waals surface area contributed by atoms with Crippen LogP contribution >= 0.6 is 0 Å². The average molecular weight is 348 g/mol. The minimum atomic E-state index is -0.337. The van der Waals surface area contributed by atoms with Gasteiger partial charge in [0.1, 0.15) is 12.1 Å². The van der Waals surface area contributed by atoms with Crippen molar-refractivity contribution in [2.75, 3.05) is 11.9 Å². The smallest absolute Gasteiger partial charge is 0.244 e. The molecule has 2 aliphatic heterocycles. The summed E-state index contributed by atoms with van der Waals surface area (Å²) in [5.74, 6) is 0.645. The number of rotatable bonds is 5. The molecule has 3 fully saturated rings. The van der Waals surface area contributed by atoms with Crippen LogP contribution in [0.1, 0.15) is 51.4 Å². The summed E-state index contributed by atoms with van der Waals surface area (Å²) >= 11 is 0. The molecular weight excluding hydrogens is 320 g/mol. The van der Waals surface area contributed by atoms with E-state index in [1.165, 1.54) is 32.1 Å². The Bertz CT molecular complexity index is 579. The first-order chi connectivity index (χ1) is 12.3. The fraction of sp³-hybridized carbons (Fsp3) is 0.778. The van der Waals surface area contributed by atoms with Gasteiger partial charge in [-0.05, 0) is 31.6 Å². The van der Waals surface area contributed by atoms with Crippen molar-refractivity contribution in [3.8, 4) is 0 Å². The van der Waals surface area contributed by atoms with Crippen LogP contribution in [0, 0.1) is 5.92 Å². The molecule has 0 aromatic carbocycles. The summed E-state index contributed by atoms with van der Waals surface area (Å²) in [7, 11) is 0. The molecule has 1 aromatic heterocycles. The molecule has 2 N–H and O–H groups in total. The van der Waals surface area contributed by atoms with Gasteiger partial charge in [0, 0.05) is 25.8 Å². The molecule has 1 amide bonds. The number of nitrogens with one attached hydrogen (secondary N) is 2. The Kier molecular flexibility index (Phi) is 5.33. The summed E-state index contributed by atoms with van der Waals surface area (Å²) in [4.78, 5) is 18.0. The van der Waals surface area contributed by atoms with Gasteiger partial charge in [-0.3, -0.25) is 14.3 Å². The monoisotopic (exact) mass is 348 g/mol. The van der Waals surface area contributed by atoms with Crippen molar-refractivity contribution in [2.24, 2.45) is 5.92 Å². The third kappa shape index (κ3) is 4.22. The molecular formula is C18H28N4O3. The van der Waals surface area contributed by atoms with Crippen molar-refractivity contribution in [1.82, 2.24) is 15.3 Å². The molecule has 3 unspecified atom stereocenters. The molecule has 3 heterocycles. The highest BCUT2D eigenvalue weighted by Gasteiger charge is 2.37. The first-order valence-corrected chi connectivity index (χ1v) is 9.64. The van der Waals surface area contributed by atoms with E-state index in [0.29, 0.717) is 12.3 Å². The quantitative estimate of drug-likeness (QED) is 0.853. The number of amides is 1. The Morgan fingerprint density at radius 1 is 1.24 bits per heavy atom. The van der Waals surface area contributed by atoms with Gasteiger partial charge in [0.05, 0.1) is 18.0 Å². The third-order valence-electron chi connectivity index (χ3n) is 5.60.